The lowest BCUT2D eigenvalue weighted by molar-refractivity contribution is 0.101. The van der Waals surface area contributed by atoms with Crippen LogP contribution in [-0.4, -0.2) is 34.0 Å². The van der Waals surface area contributed by atoms with Gasteiger partial charge in [0, 0.05) is 21.2 Å². The summed E-state index contributed by atoms with van der Waals surface area (Å²) in [4.78, 5) is 30.2. The number of benzene rings is 2. The van der Waals surface area contributed by atoms with Crippen LogP contribution in [0.1, 0.15) is 41.8 Å². The third-order valence-corrected chi connectivity index (χ3v) is 5.83. The van der Waals surface area contributed by atoms with E-state index < -0.39 is 17.9 Å². The largest absolute Gasteiger partial charge is 0.494 e. The van der Waals surface area contributed by atoms with E-state index in [2.05, 4.69) is 4.99 Å². The van der Waals surface area contributed by atoms with Crippen LogP contribution in [0.3, 0.4) is 0 Å². The highest BCUT2D eigenvalue weighted by Crippen LogP contribution is 2.43. The van der Waals surface area contributed by atoms with Gasteiger partial charge in [-0.25, -0.2) is 14.4 Å². The van der Waals surface area contributed by atoms with E-state index in [4.69, 9.17) is 27.9 Å². The molecule has 0 aliphatic carbocycles. The van der Waals surface area contributed by atoms with E-state index in [1.807, 2.05) is 13.8 Å². The van der Waals surface area contributed by atoms with Crippen LogP contribution in [0.2, 0.25) is 10.0 Å². The standard InChI is InChI=1S/C24H20Cl2N2O4/c1-13(2)11-12-32-24(31)28-21(15-8-4-6-10-17(15)26)19-18(23(28)30)20(27-22(19)29)14-7-3-5-9-16(14)25/h3-10,13,30H,11-12H2,1-2H3. The van der Waals surface area contributed by atoms with Crippen molar-refractivity contribution in [1.29, 1.82) is 0 Å². The van der Waals surface area contributed by atoms with Gasteiger partial charge in [0.05, 0.1) is 29.1 Å². The molecule has 164 valence electrons. The lowest BCUT2D eigenvalue weighted by Crippen LogP contribution is -2.17. The summed E-state index contributed by atoms with van der Waals surface area (Å²) in [6.45, 7) is 4.19. The molecule has 1 aliphatic rings. The maximum absolute atomic E-state index is 13.0. The van der Waals surface area contributed by atoms with Crippen LogP contribution in [0.4, 0.5) is 4.79 Å². The Morgan fingerprint density at radius 1 is 1.03 bits per heavy atom. The van der Waals surface area contributed by atoms with Crippen LogP contribution in [0.5, 0.6) is 5.88 Å². The second-order valence-electron chi connectivity index (χ2n) is 7.78. The molecule has 0 saturated carbocycles. The SMILES string of the molecule is CC(C)CCOC(=O)n1c(O)c2c(c1-c1ccccc1Cl)C(=O)N=C2c1ccccc1Cl. The first-order chi connectivity index (χ1) is 15.3. The number of hydrogen-bond acceptors (Lipinski definition) is 4. The minimum Gasteiger partial charge on any atom is -0.494 e. The topological polar surface area (TPSA) is 80.9 Å². The predicted octanol–water partition coefficient (Wildman–Crippen LogP) is 6.19. The first-order valence-electron chi connectivity index (χ1n) is 10.1. The summed E-state index contributed by atoms with van der Waals surface area (Å²) in [5.74, 6) is -0.725. The molecule has 0 fully saturated rings. The summed E-state index contributed by atoms with van der Waals surface area (Å²) >= 11 is 12.7. The van der Waals surface area contributed by atoms with E-state index in [0.717, 1.165) is 4.57 Å². The number of aliphatic imine (C=N–C) groups is 1. The molecule has 4 rings (SSSR count). The highest BCUT2D eigenvalue weighted by Gasteiger charge is 2.39. The Balaban J connectivity index is 1.93. The average molecular weight is 471 g/mol. The number of aromatic nitrogens is 1. The zero-order valence-corrected chi connectivity index (χ0v) is 18.9. The minimum atomic E-state index is -0.807. The summed E-state index contributed by atoms with van der Waals surface area (Å²) < 4.78 is 6.38. The second-order valence-corrected chi connectivity index (χ2v) is 8.59. The van der Waals surface area contributed by atoms with Gasteiger partial charge in [0.25, 0.3) is 5.91 Å². The fourth-order valence-corrected chi connectivity index (χ4v) is 4.04. The molecule has 2 heterocycles. The van der Waals surface area contributed by atoms with Gasteiger partial charge in [0.15, 0.2) is 0 Å². The van der Waals surface area contributed by atoms with Crippen molar-refractivity contribution in [2.75, 3.05) is 6.61 Å². The number of rotatable bonds is 5. The molecule has 0 saturated heterocycles. The second kappa shape index (κ2) is 8.81. The zero-order chi connectivity index (χ0) is 23.0. The summed E-state index contributed by atoms with van der Waals surface area (Å²) in [5, 5.41) is 11.8. The van der Waals surface area contributed by atoms with Gasteiger partial charge in [-0.2, -0.15) is 0 Å². The van der Waals surface area contributed by atoms with Gasteiger partial charge in [-0.3, -0.25) is 4.79 Å². The molecular formula is C24H20Cl2N2O4. The minimum absolute atomic E-state index is 0.0753. The van der Waals surface area contributed by atoms with Crippen LogP contribution in [0, 0.1) is 5.92 Å². The van der Waals surface area contributed by atoms with E-state index in [0.29, 0.717) is 33.5 Å². The van der Waals surface area contributed by atoms with Crippen molar-refractivity contribution in [2.24, 2.45) is 10.9 Å². The third kappa shape index (κ3) is 3.80. The fraction of sp³-hybridized carbons (Fsp3) is 0.208. The number of aromatic hydroxyl groups is 1. The summed E-state index contributed by atoms with van der Waals surface area (Å²) in [7, 11) is 0. The molecule has 1 amide bonds. The van der Waals surface area contributed by atoms with E-state index in [9.17, 15) is 14.7 Å². The number of nitrogens with zero attached hydrogens (tertiary/aromatic N) is 2. The van der Waals surface area contributed by atoms with Crippen LogP contribution >= 0.6 is 23.2 Å². The molecule has 1 aromatic heterocycles. The average Bonchev–Trinajstić information content (AvgIpc) is 3.24. The summed E-state index contributed by atoms with van der Waals surface area (Å²) in [6, 6.07) is 13.6. The smallest absolute Gasteiger partial charge is 0.421 e. The Bertz CT molecular complexity index is 1260. The van der Waals surface area contributed by atoms with Crippen molar-refractivity contribution in [1.82, 2.24) is 4.57 Å². The first kappa shape index (κ1) is 22.1. The Kier molecular flexibility index (Phi) is 6.09. The molecule has 0 unspecified atom stereocenters. The number of fused-ring (bicyclic) bond motifs is 1. The molecule has 0 bridgehead atoms. The number of ether oxygens (including phenoxy) is 1. The van der Waals surface area contributed by atoms with Crippen LogP contribution in [0.25, 0.3) is 11.3 Å². The lowest BCUT2D eigenvalue weighted by atomic mass is 10.00. The molecular weight excluding hydrogens is 451 g/mol. The lowest BCUT2D eigenvalue weighted by Gasteiger charge is -2.13. The number of halogens is 2. The Labute approximate surface area is 195 Å². The predicted molar refractivity (Wildman–Crippen MR) is 124 cm³/mol. The molecule has 0 spiro atoms. The number of hydrogen-bond donors (Lipinski definition) is 1. The van der Waals surface area contributed by atoms with Crippen molar-refractivity contribution in [3.63, 3.8) is 0 Å². The highest BCUT2D eigenvalue weighted by molar-refractivity contribution is 6.39. The third-order valence-electron chi connectivity index (χ3n) is 5.17. The maximum Gasteiger partial charge on any atom is 0.421 e. The van der Waals surface area contributed by atoms with Crippen LogP contribution in [-0.2, 0) is 4.74 Å². The van der Waals surface area contributed by atoms with Gasteiger partial charge >= 0.3 is 6.09 Å². The normalized spacial score (nSPS) is 12.8. The van der Waals surface area contributed by atoms with Crippen molar-refractivity contribution >= 4 is 40.9 Å². The number of carbonyl (C=O) groups is 2. The molecule has 32 heavy (non-hydrogen) atoms. The van der Waals surface area contributed by atoms with Crippen molar-refractivity contribution in [3.05, 3.63) is 75.3 Å². The monoisotopic (exact) mass is 470 g/mol. The number of amides is 1. The van der Waals surface area contributed by atoms with Gasteiger partial charge < -0.3 is 9.84 Å². The van der Waals surface area contributed by atoms with Crippen LogP contribution in [0.15, 0.2) is 53.5 Å². The van der Waals surface area contributed by atoms with Crippen LogP contribution < -0.4 is 0 Å². The molecule has 1 aliphatic heterocycles. The highest BCUT2D eigenvalue weighted by atomic mass is 35.5. The van der Waals surface area contributed by atoms with E-state index in [1.165, 1.54) is 0 Å². The van der Waals surface area contributed by atoms with E-state index in [-0.39, 0.29) is 29.1 Å². The van der Waals surface area contributed by atoms with Gasteiger partial charge in [0.1, 0.15) is 0 Å². The molecule has 6 nitrogen and oxygen atoms in total. The van der Waals surface area contributed by atoms with Gasteiger partial charge in [-0.1, -0.05) is 73.4 Å². The van der Waals surface area contributed by atoms with Gasteiger partial charge in [-0.15, -0.1) is 0 Å². The maximum atomic E-state index is 13.0. The van der Waals surface area contributed by atoms with Gasteiger partial charge in [-0.05, 0) is 24.5 Å². The molecule has 8 heteroatoms. The first-order valence-corrected chi connectivity index (χ1v) is 10.8. The Morgan fingerprint density at radius 2 is 1.62 bits per heavy atom. The Morgan fingerprint density at radius 3 is 2.22 bits per heavy atom. The number of carbonyl (C=O) groups excluding carboxylic acids is 2. The Hall–Kier alpha value is -3.09. The van der Waals surface area contributed by atoms with Crippen molar-refractivity contribution in [2.45, 2.75) is 20.3 Å². The molecule has 2 aromatic carbocycles. The van der Waals surface area contributed by atoms with Gasteiger partial charge in [0.2, 0.25) is 5.88 Å². The zero-order valence-electron chi connectivity index (χ0n) is 17.4. The summed E-state index contributed by atoms with van der Waals surface area (Å²) in [5.41, 5.74) is 1.39. The molecule has 0 radical (unpaired) electrons. The fourth-order valence-electron chi connectivity index (χ4n) is 3.59. The van der Waals surface area contributed by atoms with E-state index >= 15 is 0 Å². The van der Waals surface area contributed by atoms with E-state index in [1.54, 1.807) is 48.5 Å². The van der Waals surface area contributed by atoms with Crippen molar-refractivity contribution in [3.8, 4) is 17.1 Å². The molecule has 3 aromatic rings. The molecule has 1 N–H and O–H groups in total. The van der Waals surface area contributed by atoms with Crippen molar-refractivity contribution < 1.29 is 19.4 Å². The molecule has 0 atom stereocenters. The summed E-state index contributed by atoms with van der Waals surface area (Å²) in [6.07, 6.45) is -0.154. The quantitative estimate of drug-likeness (QED) is 0.481.